The van der Waals surface area contributed by atoms with E-state index in [1.54, 1.807) is 18.3 Å². The van der Waals surface area contributed by atoms with Crippen LogP contribution in [-0.2, 0) is 21.2 Å². The average Bonchev–Trinajstić information content (AvgIpc) is 3.29. The molecule has 3 aromatic rings. The lowest BCUT2D eigenvalue weighted by Crippen LogP contribution is -2.48. The fourth-order valence-electron chi connectivity index (χ4n) is 4.12. The zero-order valence-corrected chi connectivity index (χ0v) is 18.5. The van der Waals surface area contributed by atoms with Crippen LogP contribution in [0.4, 0.5) is 0 Å². The number of rotatable bonds is 6. The number of likely N-dealkylation sites (tertiary alicyclic amines) is 1. The SMILES string of the molecule is N[C@@H](Cc1ccc(S(N)(=O)=O)cc1)C(=O)N1CCCC[C@H]1c1ncc(-c2ccccc2)[nH]1. The number of sulfonamides is 1. The maximum Gasteiger partial charge on any atom is 0.240 e. The minimum absolute atomic E-state index is 0.0317. The number of benzene rings is 2. The first-order valence-electron chi connectivity index (χ1n) is 10.6. The van der Waals surface area contributed by atoms with Crippen LogP contribution in [0.3, 0.4) is 0 Å². The first-order valence-corrected chi connectivity index (χ1v) is 12.2. The molecule has 4 rings (SSSR count). The van der Waals surface area contributed by atoms with E-state index in [1.807, 2.05) is 35.2 Å². The third-order valence-electron chi connectivity index (χ3n) is 5.81. The third-order valence-corrected chi connectivity index (χ3v) is 6.74. The number of carbonyl (C=O) groups excluding carboxylic acids is 1. The highest BCUT2D eigenvalue weighted by molar-refractivity contribution is 7.89. The summed E-state index contributed by atoms with van der Waals surface area (Å²) < 4.78 is 22.9. The van der Waals surface area contributed by atoms with E-state index in [0.717, 1.165) is 41.9 Å². The monoisotopic (exact) mass is 453 g/mol. The second-order valence-corrected chi connectivity index (χ2v) is 9.65. The first-order chi connectivity index (χ1) is 15.3. The third kappa shape index (κ3) is 4.90. The largest absolute Gasteiger partial charge is 0.340 e. The molecule has 0 aliphatic carbocycles. The second kappa shape index (κ2) is 9.23. The highest BCUT2D eigenvalue weighted by Crippen LogP contribution is 2.31. The summed E-state index contributed by atoms with van der Waals surface area (Å²) in [6.45, 7) is 0.628. The standard InChI is InChI=1S/C23H27N5O3S/c24-19(14-16-9-11-18(12-10-16)32(25,30)31)23(29)28-13-5-4-8-21(28)22-26-15-20(27-22)17-6-2-1-3-7-17/h1-3,6-7,9-12,15,19,21H,4-5,8,13-14,24H2,(H,26,27)(H2,25,30,31)/t19-,21-/m0/s1. The number of nitrogens with two attached hydrogens (primary N) is 2. The predicted molar refractivity (Wildman–Crippen MR) is 122 cm³/mol. The Morgan fingerprint density at radius 1 is 1.12 bits per heavy atom. The molecule has 0 saturated carbocycles. The molecule has 0 bridgehead atoms. The lowest BCUT2D eigenvalue weighted by atomic mass is 9.98. The Kier molecular flexibility index (Phi) is 6.40. The molecule has 0 unspecified atom stereocenters. The quantitative estimate of drug-likeness (QED) is 0.526. The summed E-state index contributed by atoms with van der Waals surface area (Å²) in [6.07, 6.45) is 4.86. The number of primary sulfonamides is 1. The van der Waals surface area contributed by atoms with Crippen LogP contribution in [-0.4, -0.2) is 41.8 Å². The van der Waals surface area contributed by atoms with Crippen LogP contribution in [0.1, 0.15) is 36.7 Å². The van der Waals surface area contributed by atoms with E-state index in [0.29, 0.717) is 13.0 Å². The minimum atomic E-state index is -3.75. The van der Waals surface area contributed by atoms with Crippen LogP contribution in [0, 0.1) is 0 Å². The number of aromatic amines is 1. The number of nitrogens with zero attached hydrogens (tertiary/aromatic N) is 2. The van der Waals surface area contributed by atoms with Gasteiger partial charge in [-0.3, -0.25) is 4.79 Å². The molecule has 1 aromatic heterocycles. The Hall–Kier alpha value is -3.01. The van der Waals surface area contributed by atoms with Gasteiger partial charge >= 0.3 is 0 Å². The molecule has 168 valence electrons. The van der Waals surface area contributed by atoms with Gasteiger partial charge in [-0.25, -0.2) is 18.5 Å². The van der Waals surface area contributed by atoms with Crippen LogP contribution in [0.25, 0.3) is 11.3 Å². The zero-order chi connectivity index (χ0) is 22.7. The van der Waals surface area contributed by atoms with Gasteiger partial charge in [0.25, 0.3) is 0 Å². The molecule has 2 atom stereocenters. The maximum atomic E-state index is 13.2. The number of piperidine rings is 1. The fraction of sp³-hybridized carbons (Fsp3) is 0.304. The van der Waals surface area contributed by atoms with Gasteiger partial charge in [0.2, 0.25) is 15.9 Å². The number of amides is 1. The highest BCUT2D eigenvalue weighted by Gasteiger charge is 2.32. The molecular weight excluding hydrogens is 426 g/mol. The molecule has 5 N–H and O–H groups in total. The number of carbonyl (C=O) groups is 1. The van der Waals surface area contributed by atoms with E-state index in [-0.39, 0.29) is 16.8 Å². The van der Waals surface area contributed by atoms with Crippen LogP contribution in [0.2, 0.25) is 0 Å². The van der Waals surface area contributed by atoms with Crippen LogP contribution in [0.5, 0.6) is 0 Å². The van der Waals surface area contributed by atoms with Crippen molar-refractivity contribution in [2.45, 2.75) is 42.7 Å². The smallest absolute Gasteiger partial charge is 0.240 e. The number of hydrogen-bond donors (Lipinski definition) is 3. The summed E-state index contributed by atoms with van der Waals surface area (Å²) in [7, 11) is -3.75. The Labute approximate surface area is 187 Å². The number of H-pyrrole nitrogens is 1. The topological polar surface area (TPSA) is 135 Å². The zero-order valence-electron chi connectivity index (χ0n) is 17.6. The molecule has 2 heterocycles. The fourth-order valence-corrected chi connectivity index (χ4v) is 4.63. The number of nitrogens with one attached hydrogen (secondary N) is 1. The van der Waals surface area contributed by atoms with Crippen molar-refractivity contribution in [3.05, 3.63) is 72.2 Å². The number of hydrogen-bond acceptors (Lipinski definition) is 5. The molecule has 1 aliphatic heterocycles. The summed E-state index contributed by atoms with van der Waals surface area (Å²) in [6, 6.07) is 15.2. The predicted octanol–water partition coefficient (Wildman–Crippen LogP) is 2.35. The summed E-state index contributed by atoms with van der Waals surface area (Å²) in [5.74, 6) is 0.629. The van der Waals surface area contributed by atoms with E-state index >= 15 is 0 Å². The van der Waals surface area contributed by atoms with Crippen molar-refractivity contribution in [2.75, 3.05) is 6.54 Å². The van der Waals surface area contributed by atoms with Gasteiger partial charge in [-0.05, 0) is 48.9 Å². The molecule has 0 radical (unpaired) electrons. The van der Waals surface area contributed by atoms with Crippen LogP contribution >= 0.6 is 0 Å². The molecule has 1 saturated heterocycles. The van der Waals surface area contributed by atoms with Crippen molar-refractivity contribution in [3.8, 4) is 11.3 Å². The van der Waals surface area contributed by atoms with Crippen molar-refractivity contribution >= 4 is 15.9 Å². The molecule has 1 amide bonds. The second-order valence-electron chi connectivity index (χ2n) is 8.09. The lowest BCUT2D eigenvalue weighted by molar-refractivity contribution is -0.136. The number of aromatic nitrogens is 2. The van der Waals surface area contributed by atoms with Gasteiger partial charge < -0.3 is 15.6 Å². The first kappa shape index (κ1) is 22.2. The highest BCUT2D eigenvalue weighted by atomic mass is 32.2. The average molecular weight is 454 g/mol. The van der Waals surface area contributed by atoms with E-state index in [2.05, 4.69) is 9.97 Å². The summed E-state index contributed by atoms with van der Waals surface area (Å²) in [4.78, 5) is 23.0. The van der Waals surface area contributed by atoms with Gasteiger partial charge in [-0.2, -0.15) is 0 Å². The van der Waals surface area contributed by atoms with Gasteiger partial charge in [0, 0.05) is 6.54 Å². The Morgan fingerprint density at radius 2 is 1.84 bits per heavy atom. The molecule has 1 aliphatic rings. The molecule has 32 heavy (non-hydrogen) atoms. The van der Waals surface area contributed by atoms with E-state index in [9.17, 15) is 13.2 Å². The minimum Gasteiger partial charge on any atom is -0.340 e. The van der Waals surface area contributed by atoms with Crippen molar-refractivity contribution in [1.82, 2.24) is 14.9 Å². The summed E-state index contributed by atoms with van der Waals surface area (Å²) in [5, 5.41) is 5.14. The van der Waals surface area contributed by atoms with E-state index in [1.165, 1.54) is 12.1 Å². The molecule has 8 nitrogen and oxygen atoms in total. The lowest BCUT2D eigenvalue weighted by Gasteiger charge is -2.36. The van der Waals surface area contributed by atoms with Crippen molar-refractivity contribution < 1.29 is 13.2 Å². The Balaban J connectivity index is 1.48. The Morgan fingerprint density at radius 3 is 2.53 bits per heavy atom. The van der Waals surface area contributed by atoms with Gasteiger partial charge in [-0.15, -0.1) is 0 Å². The molecule has 2 aromatic carbocycles. The molecule has 9 heteroatoms. The van der Waals surface area contributed by atoms with Gasteiger partial charge in [0.1, 0.15) is 5.82 Å². The van der Waals surface area contributed by atoms with Gasteiger partial charge in [0.05, 0.1) is 28.9 Å². The number of imidazole rings is 1. The van der Waals surface area contributed by atoms with E-state index in [4.69, 9.17) is 10.9 Å². The summed E-state index contributed by atoms with van der Waals surface area (Å²) in [5.41, 5.74) is 9.01. The van der Waals surface area contributed by atoms with Crippen LogP contribution < -0.4 is 10.9 Å². The Bertz CT molecular complexity index is 1180. The van der Waals surface area contributed by atoms with Crippen molar-refractivity contribution in [2.24, 2.45) is 10.9 Å². The molecule has 0 spiro atoms. The van der Waals surface area contributed by atoms with Gasteiger partial charge in [-0.1, -0.05) is 42.5 Å². The van der Waals surface area contributed by atoms with Crippen LogP contribution in [0.15, 0.2) is 65.7 Å². The van der Waals surface area contributed by atoms with E-state index < -0.39 is 16.1 Å². The normalized spacial score (nSPS) is 17.8. The molecular formula is C23H27N5O3S. The summed E-state index contributed by atoms with van der Waals surface area (Å²) >= 11 is 0. The van der Waals surface area contributed by atoms with Crippen molar-refractivity contribution in [3.63, 3.8) is 0 Å². The maximum absolute atomic E-state index is 13.2. The van der Waals surface area contributed by atoms with Gasteiger partial charge in [0.15, 0.2) is 0 Å². The molecule has 1 fully saturated rings. The van der Waals surface area contributed by atoms with Crippen molar-refractivity contribution in [1.29, 1.82) is 0 Å².